The third-order valence-electron chi connectivity index (χ3n) is 4.11. The molecule has 0 saturated carbocycles. The van der Waals surface area contributed by atoms with E-state index in [-0.39, 0.29) is 0 Å². The Morgan fingerprint density at radius 2 is 1.95 bits per heavy atom. The zero-order valence-electron chi connectivity index (χ0n) is 13.7. The fourth-order valence-electron chi connectivity index (χ4n) is 2.74. The molecule has 0 aliphatic carbocycles. The van der Waals surface area contributed by atoms with Crippen LogP contribution in [0, 0.1) is 5.92 Å². The maximum atomic E-state index is 12.3. The van der Waals surface area contributed by atoms with Crippen LogP contribution in [0.15, 0.2) is 24.3 Å². The zero-order valence-corrected chi connectivity index (χ0v) is 14.6. The Labute approximate surface area is 134 Å². The second-order valence-electron chi connectivity index (χ2n) is 6.32. The molecule has 0 radical (unpaired) electrons. The third-order valence-corrected chi connectivity index (χ3v) is 5.69. The van der Waals surface area contributed by atoms with Gasteiger partial charge in [0.25, 0.3) is 10.2 Å². The Hall–Kier alpha value is -1.11. The Kier molecular flexibility index (Phi) is 5.83. The first kappa shape index (κ1) is 17.2. The summed E-state index contributed by atoms with van der Waals surface area (Å²) in [6.07, 6.45) is 2.77. The van der Waals surface area contributed by atoms with Crippen molar-refractivity contribution < 1.29 is 8.42 Å². The van der Waals surface area contributed by atoms with Crippen LogP contribution >= 0.6 is 0 Å². The predicted molar refractivity (Wildman–Crippen MR) is 91.4 cm³/mol. The van der Waals surface area contributed by atoms with E-state index in [9.17, 15) is 8.42 Å². The van der Waals surface area contributed by atoms with Gasteiger partial charge in [-0.3, -0.25) is 0 Å². The van der Waals surface area contributed by atoms with E-state index in [2.05, 4.69) is 23.8 Å². The molecule has 5 nitrogen and oxygen atoms in total. The van der Waals surface area contributed by atoms with Gasteiger partial charge in [-0.25, -0.2) is 4.72 Å². The lowest BCUT2D eigenvalue weighted by Gasteiger charge is -2.30. The Morgan fingerprint density at radius 3 is 2.55 bits per heavy atom. The number of piperidine rings is 1. The van der Waals surface area contributed by atoms with E-state index < -0.39 is 10.2 Å². The van der Waals surface area contributed by atoms with E-state index in [1.807, 2.05) is 31.1 Å². The molecule has 1 saturated heterocycles. The van der Waals surface area contributed by atoms with E-state index >= 15 is 0 Å². The average Bonchev–Trinajstić information content (AvgIpc) is 2.47. The molecule has 1 atom stereocenters. The van der Waals surface area contributed by atoms with Gasteiger partial charge in [-0.05, 0) is 42.9 Å². The van der Waals surface area contributed by atoms with Gasteiger partial charge in [0.05, 0.1) is 0 Å². The average molecular weight is 325 g/mol. The number of hydrogen-bond acceptors (Lipinski definition) is 3. The van der Waals surface area contributed by atoms with Crippen LogP contribution in [-0.2, 0) is 16.6 Å². The van der Waals surface area contributed by atoms with Gasteiger partial charge in [0.2, 0.25) is 0 Å². The maximum Gasteiger partial charge on any atom is 0.279 e. The van der Waals surface area contributed by atoms with Crippen molar-refractivity contribution in [2.75, 3.05) is 38.6 Å². The molecule has 0 aromatic heterocycles. The number of anilines is 1. The molecule has 1 aliphatic heterocycles. The summed E-state index contributed by atoms with van der Waals surface area (Å²) in [5.41, 5.74) is 2.28. The fraction of sp³-hybridized carbons (Fsp3) is 0.625. The molecule has 1 aliphatic rings. The molecule has 0 spiro atoms. The van der Waals surface area contributed by atoms with E-state index in [1.54, 1.807) is 4.31 Å². The molecule has 6 heteroatoms. The molecule has 22 heavy (non-hydrogen) atoms. The van der Waals surface area contributed by atoms with Gasteiger partial charge in [0, 0.05) is 39.4 Å². The van der Waals surface area contributed by atoms with Gasteiger partial charge in [0.1, 0.15) is 0 Å². The van der Waals surface area contributed by atoms with Crippen molar-refractivity contribution in [2.45, 2.75) is 26.2 Å². The molecular weight excluding hydrogens is 298 g/mol. The monoisotopic (exact) mass is 325 g/mol. The lowest BCUT2D eigenvalue weighted by atomic mass is 10.0. The molecule has 1 aromatic rings. The lowest BCUT2D eigenvalue weighted by Crippen LogP contribution is -2.46. The molecule has 124 valence electrons. The first-order chi connectivity index (χ1) is 10.4. The molecule has 1 N–H and O–H groups in total. The van der Waals surface area contributed by atoms with Crippen LogP contribution in [0.5, 0.6) is 0 Å². The van der Waals surface area contributed by atoms with Crippen molar-refractivity contribution in [1.82, 2.24) is 9.03 Å². The number of nitrogens with one attached hydrogen (secondary N) is 1. The van der Waals surface area contributed by atoms with Crippen molar-refractivity contribution in [1.29, 1.82) is 0 Å². The van der Waals surface area contributed by atoms with Crippen LogP contribution in [0.1, 0.15) is 25.3 Å². The highest BCUT2D eigenvalue weighted by Crippen LogP contribution is 2.17. The van der Waals surface area contributed by atoms with Crippen molar-refractivity contribution in [2.24, 2.45) is 5.92 Å². The molecule has 2 rings (SSSR count). The van der Waals surface area contributed by atoms with Crippen LogP contribution < -0.4 is 9.62 Å². The minimum atomic E-state index is -3.33. The van der Waals surface area contributed by atoms with Crippen LogP contribution in [-0.4, -0.2) is 46.5 Å². The van der Waals surface area contributed by atoms with Crippen LogP contribution in [0.3, 0.4) is 0 Å². The highest BCUT2D eigenvalue weighted by Gasteiger charge is 2.26. The summed E-state index contributed by atoms with van der Waals surface area (Å²) in [4.78, 5) is 2.05. The SMILES string of the molecule is C[C@@H]1CCCN(S(=O)(=O)NCCc2ccc(N(C)C)cc2)C1. The zero-order chi connectivity index (χ0) is 16.2. The Balaban J connectivity index is 1.84. The summed E-state index contributed by atoms with van der Waals surface area (Å²) in [5, 5.41) is 0. The van der Waals surface area contributed by atoms with Gasteiger partial charge in [-0.15, -0.1) is 0 Å². The predicted octanol–water partition coefficient (Wildman–Crippen LogP) is 1.86. The van der Waals surface area contributed by atoms with E-state index in [4.69, 9.17) is 0 Å². The number of rotatable bonds is 6. The first-order valence-corrected chi connectivity index (χ1v) is 9.33. The molecule has 0 unspecified atom stereocenters. The number of hydrogen-bond donors (Lipinski definition) is 1. The summed E-state index contributed by atoms with van der Waals surface area (Å²) in [6, 6.07) is 8.20. The molecular formula is C16H27N3O2S. The van der Waals surface area contributed by atoms with Crippen molar-refractivity contribution in [3.05, 3.63) is 29.8 Å². The number of benzene rings is 1. The van der Waals surface area contributed by atoms with Crippen LogP contribution in [0.2, 0.25) is 0 Å². The van der Waals surface area contributed by atoms with Gasteiger partial charge >= 0.3 is 0 Å². The summed E-state index contributed by atoms with van der Waals surface area (Å²) < 4.78 is 28.8. The van der Waals surface area contributed by atoms with Gasteiger partial charge in [0.15, 0.2) is 0 Å². The summed E-state index contributed by atoms with van der Waals surface area (Å²) >= 11 is 0. The maximum absolute atomic E-state index is 12.3. The van der Waals surface area contributed by atoms with Gasteiger partial charge in [-0.1, -0.05) is 19.1 Å². The smallest absolute Gasteiger partial charge is 0.279 e. The first-order valence-electron chi connectivity index (χ1n) is 7.89. The summed E-state index contributed by atoms with van der Waals surface area (Å²) in [5.74, 6) is 0.448. The second kappa shape index (κ2) is 7.44. The minimum Gasteiger partial charge on any atom is -0.378 e. The minimum absolute atomic E-state index is 0.439. The molecule has 1 fully saturated rings. The molecule has 1 heterocycles. The highest BCUT2D eigenvalue weighted by atomic mass is 32.2. The van der Waals surface area contributed by atoms with Crippen LogP contribution in [0.4, 0.5) is 5.69 Å². The second-order valence-corrected chi connectivity index (χ2v) is 8.07. The molecule has 0 bridgehead atoms. The molecule has 0 amide bonds. The molecule has 1 aromatic carbocycles. The number of nitrogens with zero attached hydrogens (tertiary/aromatic N) is 2. The van der Waals surface area contributed by atoms with E-state index in [0.29, 0.717) is 32.0 Å². The Bertz CT molecular complexity index is 570. The largest absolute Gasteiger partial charge is 0.378 e. The fourth-order valence-corrected chi connectivity index (χ4v) is 4.10. The van der Waals surface area contributed by atoms with E-state index in [0.717, 1.165) is 24.1 Å². The lowest BCUT2D eigenvalue weighted by molar-refractivity contribution is 0.278. The Morgan fingerprint density at radius 1 is 1.27 bits per heavy atom. The van der Waals surface area contributed by atoms with Crippen molar-refractivity contribution >= 4 is 15.9 Å². The van der Waals surface area contributed by atoms with Crippen LogP contribution in [0.25, 0.3) is 0 Å². The summed E-state index contributed by atoms with van der Waals surface area (Å²) in [6.45, 7) is 3.81. The van der Waals surface area contributed by atoms with Gasteiger partial charge < -0.3 is 4.90 Å². The van der Waals surface area contributed by atoms with Crippen molar-refractivity contribution in [3.8, 4) is 0 Å². The highest BCUT2D eigenvalue weighted by molar-refractivity contribution is 7.87. The van der Waals surface area contributed by atoms with Gasteiger partial charge in [-0.2, -0.15) is 12.7 Å². The normalized spacial score (nSPS) is 20.0. The third kappa shape index (κ3) is 4.69. The van der Waals surface area contributed by atoms with Crippen molar-refractivity contribution in [3.63, 3.8) is 0 Å². The van der Waals surface area contributed by atoms with E-state index in [1.165, 1.54) is 0 Å². The standard InChI is InChI=1S/C16H27N3O2S/c1-14-5-4-12-19(13-14)22(20,21)17-11-10-15-6-8-16(9-7-15)18(2)3/h6-9,14,17H,4-5,10-13H2,1-3H3/t14-/m1/s1. The summed E-state index contributed by atoms with van der Waals surface area (Å²) in [7, 11) is 0.673. The quantitative estimate of drug-likeness (QED) is 0.868. The topological polar surface area (TPSA) is 52.7 Å².